The molecule has 3 aromatic carbocycles. The predicted molar refractivity (Wildman–Crippen MR) is 126 cm³/mol. The number of ether oxygens (including phenoxy) is 1. The molecule has 0 fully saturated rings. The van der Waals surface area contributed by atoms with Crippen LogP contribution < -0.4 is 10.1 Å². The number of hydrogen-bond acceptors (Lipinski definition) is 3. The zero-order valence-corrected chi connectivity index (χ0v) is 18.1. The average Bonchev–Trinajstić information content (AvgIpc) is 3.23. The second-order valence-corrected chi connectivity index (χ2v) is 7.82. The topological polar surface area (TPSA) is 67.0 Å². The number of aromatic nitrogens is 2. The molecule has 0 radical (unpaired) electrons. The molecule has 0 saturated heterocycles. The van der Waals surface area contributed by atoms with Crippen molar-refractivity contribution < 1.29 is 9.53 Å². The molecule has 158 valence electrons. The van der Waals surface area contributed by atoms with Crippen LogP contribution >= 0.6 is 0 Å². The summed E-state index contributed by atoms with van der Waals surface area (Å²) in [6.07, 6.45) is 1.01. The third kappa shape index (κ3) is 4.61. The molecule has 5 heteroatoms. The number of para-hydroxylation sites is 3. The molecule has 4 aromatic rings. The molecule has 0 bridgehead atoms. The van der Waals surface area contributed by atoms with E-state index in [1.807, 2.05) is 67.6 Å². The van der Waals surface area contributed by atoms with Crippen molar-refractivity contribution in [3.05, 3.63) is 77.9 Å². The smallest absolute Gasteiger partial charge is 0.262 e. The Balaban J connectivity index is 1.48. The van der Waals surface area contributed by atoms with Crippen molar-refractivity contribution in [2.24, 2.45) is 0 Å². The van der Waals surface area contributed by atoms with Gasteiger partial charge in [0.15, 0.2) is 6.61 Å². The van der Waals surface area contributed by atoms with Gasteiger partial charge in [0.2, 0.25) is 0 Å². The summed E-state index contributed by atoms with van der Waals surface area (Å²) < 4.78 is 5.86. The molecular formula is C26H27N3O2. The Bertz CT molecular complexity index is 1180. The molecule has 0 saturated carbocycles. The fraction of sp³-hybridized carbons (Fsp3) is 0.231. The summed E-state index contributed by atoms with van der Waals surface area (Å²) in [6, 6.07) is 21.7. The van der Waals surface area contributed by atoms with E-state index >= 15 is 0 Å². The van der Waals surface area contributed by atoms with Crippen molar-refractivity contribution in [2.75, 3.05) is 11.9 Å². The molecular weight excluding hydrogens is 386 g/mol. The Morgan fingerprint density at radius 2 is 1.87 bits per heavy atom. The lowest BCUT2D eigenvalue weighted by Gasteiger charge is -2.16. The lowest BCUT2D eigenvalue weighted by atomic mass is 9.98. The highest BCUT2D eigenvalue weighted by Crippen LogP contribution is 2.29. The van der Waals surface area contributed by atoms with Gasteiger partial charge in [-0.15, -0.1) is 0 Å². The molecule has 0 aliphatic carbocycles. The number of carbonyl (C=O) groups excluding carboxylic acids is 1. The van der Waals surface area contributed by atoms with E-state index in [4.69, 9.17) is 4.74 Å². The predicted octanol–water partition coefficient (Wildman–Crippen LogP) is 6.07. The molecule has 1 amide bonds. The second-order valence-electron chi connectivity index (χ2n) is 7.82. The first kappa shape index (κ1) is 20.7. The first-order chi connectivity index (χ1) is 15.0. The fourth-order valence-electron chi connectivity index (χ4n) is 3.56. The first-order valence-electron chi connectivity index (χ1n) is 10.6. The van der Waals surface area contributed by atoms with Gasteiger partial charge in [-0.25, -0.2) is 4.98 Å². The van der Waals surface area contributed by atoms with Crippen molar-refractivity contribution >= 4 is 22.6 Å². The van der Waals surface area contributed by atoms with Gasteiger partial charge in [-0.3, -0.25) is 4.79 Å². The molecule has 0 aliphatic rings. The summed E-state index contributed by atoms with van der Waals surface area (Å²) in [6.45, 7) is 6.24. The normalized spacial score (nSPS) is 12.0. The van der Waals surface area contributed by atoms with Gasteiger partial charge in [0.25, 0.3) is 5.91 Å². The number of amides is 1. The SMILES string of the molecule is CC[C@@H](C)c1ccccc1OCC(=O)Nc1cc(-c2nc3ccccc3[nH]2)ccc1C. The van der Waals surface area contributed by atoms with Crippen LogP contribution in [0.1, 0.15) is 37.3 Å². The number of carbonyl (C=O) groups is 1. The molecule has 5 nitrogen and oxygen atoms in total. The highest BCUT2D eigenvalue weighted by atomic mass is 16.5. The summed E-state index contributed by atoms with van der Waals surface area (Å²) in [5, 5.41) is 2.98. The third-order valence-corrected chi connectivity index (χ3v) is 5.60. The Morgan fingerprint density at radius 3 is 2.68 bits per heavy atom. The summed E-state index contributed by atoms with van der Waals surface area (Å²) in [5.41, 5.74) is 5.67. The van der Waals surface area contributed by atoms with Crippen LogP contribution in [0.4, 0.5) is 5.69 Å². The molecule has 1 heterocycles. The van der Waals surface area contributed by atoms with Crippen LogP contribution in [0.5, 0.6) is 5.75 Å². The van der Waals surface area contributed by atoms with Crippen LogP contribution in [0.3, 0.4) is 0 Å². The fourth-order valence-corrected chi connectivity index (χ4v) is 3.56. The number of benzene rings is 3. The van der Waals surface area contributed by atoms with E-state index in [0.717, 1.165) is 51.4 Å². The molecule has 4 rings (SSSR count). The zero-order chi connectivity index (χ0) is 21.8. The van der Waals surface area contributed by atoms with Crippen LogP contribution in [0.25, 0.3) is 22.4 Å². The molecule has 0 spiro atoms. The number of nitrogens with one attached hydrogen (secondary N) is 2. The number of aromatic amines is 1. The van der Waals surface area contributed by atoms with Gasteiger partial charge in [0, 0.05) is 11.3 Å². The molecule has 0 unspecified atom stereocenters. The van der Waals surface area contributed by atoms with E-state index in [9.17, 15) is 4.79 Å². The quantitative estimate of drug-likeness (QED) is 0.386. The molecule has 1 atom stereocenters. The van der Waals surface area contributed by atoms with Crippen LogP contribution in [0.15, 0.2) is 66.7 Å². The number of H-pyrrole nitrogens is 1. The number of nitrogens with zero attached hydrogens (tertiary/aromatic N) is 1. The van der Waals surface area contributed by atoms with Crippen LogP contribution in [-0.4, -0.2) is 22.5 Å². The Hall–Kier alpha value is -3.60. The van der Waals surface area contributed by atoms with Crippen LogP contribution in [0.2, 0.25) is 0 Å². The first-order valence-corrected chi connectivity index (χ1v) is 10.6. The lowest BCUT2D eigenvalue weighted by molar-refractivity contribution is -0.118. The van der Waals surface area contributed by atoms with Crippen molar-refractivity contribution in [1.29, 1.82) is 0 Å². The monoisotopic (exact) mass is 413 g/mol. The number of rotatable bonds is 7. The maximum atomic E-state index is 12.6. The van der Waals surface area contributed by atoms with Crippen molar-refractivity contribution in [1.82, 2.24) is 9.97 Å². The number of imidazole rings is 1. The van der Waals surface area contributed by atoms with E-state index < -0.39 is 0 Å². The average molecular weight is 414 g/mol. The van der Waals surface area contributed by atoms with E-state index in [1.165, 1.54) is 0 Å². The molecule has 1 aromatic heterocycles. The van der Waals surface area contributed by atoms with Crippen molar-refractivity contribution in [3.8, 4) is 17.1 Å². The number of fused-ring (bicyclic) bond motifs is 1. The van der Waals surface area contributed by atoms with Gasteiger partial charge < -0.3 is 15.0 Å². The minimum atomic E-state index is -0.191. The van der Waals surface area contributed by atoms with Crippen molar-refractivity contribution in [2.45, 2.75) is 33.1 Å². The van der Waals surface area contributed by atoms with E-state index in [0.29, 0.717) is 5.92 Å². The number of aryl methyl sites for hydroxylation is 1. The molecule has 31 heavy (non-hydrogen) atoms. The zero-order valence-electron chi connectivity index (χ0n) is 18.1. The maximum Gasteiger partial charge on any atom is 0.262 e. The Labute approximate surface area is 182 Å². The largest absolute Gasteiger partial charge is 0.483 e. The highest BCUT2D eigenvalue weighted by Gasteiger charge is 2.13. The van der Waals surface area contributed by atoms with Gasteiger partial charge in [-0.05, 0) is 54.7 Å². The van der Waals surface area contributed by atoms with E-state index in [2.05, 4.69) is 35.2 Å². The Morgan fingerprint density at radius 1 is 1.10 bits per heavy atom. The number of hydrogen-bond donors (Lipinski definition) is 2. The third-order valence-electron chi connectivity index (χ3n) is 5.60. The van der Waals surface area contributed by atoms with Gasteiger partial charge in [-0.2, -0.15) is 0 Å². The standard InChI is InChI=1S/C26H27N3O2/c1-4-17(2)20-9-5-8-12-24(20)31-16-25(30)27-23-15-19(14-13-18(23)3)26-28-21-10-6-7-11-22(21)29-26/h5-15,17H,4,16H2,1-3H3,(H,27,30)(H,28,29)/t17-/m1/s1. The highest BCUT2D eigenvalue weighted by molar-refractivity contribution is 5.93. The number of anilines is 1. The van der Waals surface area contributed by atoms with Gasteiger partial charge in [0.1, 0.15) is 11.6 Å². The van der Waals surface area contributed by atoms with Gasteiger partial charge in [-0.1, -0.05) is 56.3 Å². The van der Waals surface area contributed by atoms with Crippen molar-refractivity contribution in [3.63, 3.8) is 0 Å². The summed E-state index contributed by atoms with van der Waals surface area (Å²) in [4.78, 5) is 20.6. The van der Waals surface area contributed by atoms with Crippen LogP contribution in [0, 0.1) is 6.92 Å². The van der Waals surface area contributed by atoms with Gasteiger partial charge >= 0.3 is 0 Å². The minimum Gasteiger partial charge on any atom is -0.483 e. The maximum absolute atomic E-state index is 12.6. The second kappa shape index (κ2) is 9.04. The summed E-state index contributed by atoms with van der Waals surface area (Å²) in [5.74, 6) is 1.72. The minimum absolute atomic E-state index is 0.0399. The van der Waals surface area contributed by atoms with Gasteiger partial charge in [0.05, 0.1) is 11.0 Å². The van der Waals surface area contributed by atoms with Crippen LogP contribution in [-0.2, 0) is 4.79 Å². The summed E-state index contributed by atoms with van der Waals surface area (Å²) >= 11 is 0. The molecule has 2 N–H and O–H groups in total. The van der Waals surface area contributed by atoms with E-state index in [-0.39, 0.29) is 12.5 Å². The molecule has 0 aliphatic heterocycles. The van der Waals surface area contributed by atoms with E-state index in [1.54, 1.807) is 0 Å². The summed E-state index contributed by atoms with van der Waals surface area (Å²) in [7, 11) is 0. The Kier molecular flexibility index (Phi) is 6.03. The lowest BCUT2D eigenvalue weighted by Crippen LogP contribution is -2.21.